The largest absolute Gasteiger partial charge is 0.392 e. The van der Waals surface area contributed by atoms with Gasteiger partial charge in [0.25, 0.3) is 11.5 Å². The molecule has 0 aliphatic heterocycles. The second-order valence-electron chi connectivity index (χ2n) is 2.97. The number of hydrogen-bond donors (Lipinski definition) is 3. The topological polar surface area (TPSA) is 82.2 Å². The van der Waals surface area contributed by atoms with Gasteiger partial charge in [-0.05, 0) is 19.1 Å². The number of aliphatic hydroxyl groups is 1. The molecule has 0 aliphatic carbocycles. The van der Waals surface area contributed by atoms with E-state index in [0.29, 0.717) is 0 Å². The van der Waals surface area contributed by atoms with Gasteiger partial charge in [-0.3, -0.25) is 9.59 Å². The van der Waals surface area contributed by atoms with Crippen LogP contribution in [-0.2, 0) is 0 Å². The van der Waals surface area contributed by atoms with E-state index < -0.39 is 17.6 Å². The average Bonchev–Trinajstić information content (AvgIpc) is 2.15. The molecular formula is C9H12N2O3. The van der Waals surface area contributed by atoms with Gasteiger partial charge in [-0.25, -0.2) is 0 Å². The average molecular weight is 196 g/mol. The monoisotopic (exact) mass is 196 g/mol. The molecule has 0 bridgehead atoms. The van der Waals surface area contributed by atoms with Crippen LogP contribution >= 0.6 is 0 Å². The fourth-order valence-electron chi connectivity index (χ4n) is 0.936. The van der Waals surface area contributed by atoms with Gasteiger partial charge in [-0.2, -0.15) is 0 Å². The molecule has 0 fully saturated rings. The molecule has 5 nitrogen and oxygen atoms in total. The van der Waals surface area contributed by atoms with Crippen molar-refractivity contribution < 1.29 is 9.90 Å². The molecule has 1 amide bonds. The van der Waals surface area contributed by atoms with Crippen LogP contribution in [0.25, 0.3) is 0 Å². The number of carbonyl (C=O) groups excluding carboxylic acids is 1. The second kappa shape index (κ2) is 4.57. The van der Waals surface area contributed by atoms with E-state index in [0.717, 1.165) is 0 Å². The molecule has 0 saturated carbocycles. The third-order valence-corrected chi connectivity index (χ3v) is 1.62. The van der Waals surface area contributed by atoms with E-state index >= 15 is 0 Å². The van der Waals surface area contributed by atoms with E-state index in [9.17, 15) is 9.59 Å². The van der Waals surface area contributed by atoms with Gasteiger partial charge < -0.3 is 15.4 Å². The third-order valence-electron chi connectivity index (χ3n) is 1.62. The van der Waals surface area contributed by atoms with Gasteiger partial charge in [0.1, 0.15) is 5.56 Å². The summed E-state index contributed by atoms with van der Waals surface area (Å²) in [7, 11) is 0. The summed E-state index contributed by atoms with van der Waals surface area (Å²) in [5.41, 5.74) is -0.385. The highest BCUT2D eigenvalue weighted by Crippen LogP contribution is 1.89. The van der Waals surface area contributed by atoms with Gasteiger partial charge in [0.05, 0.1) is 6.10 Å². The maximum absolute atomic E-state index is 11.3. The Morgan fingerprint density at radius 2 is 2.43 bits per heavy atom. The number of amides is 1. The normalized spacial score (nSPS) is 12.1. The molecule has 1 aromatic heterocycles. The van der Waals surface area contributed by atoms with Gasteiger partial charge in [0.2, 0.25) is 0 Å². The Bertz CT molecular complexity index is 370. The number of rotatable bonds is 3. The number of carbonyl (C=O) groups is 1. The van der Waals surface area contributed by atoms with Crippen LogP contribution in [0.5, 0.6) is 0 Å². The van der Waals surface area contributed by atoms with Crippen LogP contribution in [0.15, 0.2) is 23.1 Å². The summed E-state index contributed by atoms with van der Waals surface area (Å²) < 4.78 is 0. The Kier molecular flexibility index (Phi) is 3.41. The minimum absolute atomic E-state index is 0.0492. The van der Waals surface area contributed by atoms with Crippen molar-refractivity contribution in [1.82, 2.24) is 10.3 Å². The predicted molar refractivity (Wildman–Crippen MR) is 51.1 cm³/mol. The smallest absolute Gasteiger partial charge is 0.260 e. The van der Waals surface area contributed by atoms with E-state index in [2.05, 4.69) is 10.3 Å². The van der Waals surface area contributed by atoms with Crippen molar-refractivity contribution in [2.24, 2.45) is 0 Å². The highest BCUT2D eigenvalue weighted by Gasteiger charge is 2.09. The van der Waals surface area contributed by atoms with Crippen molar-refractivity contribution in [2.75, 3.05) is 6.54 Å². The van der Waals surface area contributed by atoms with Crippen molar-refractivity contribution in [3.8, 4) is 0 Å². The van der Waals surface area contributed by atoms with Crippen molar-refractivity contribution in [2.45, 2.75) is 13.0 Å². The highest BCUT2D eigenvalue weighted by molar-refractivity contribution is 5.93. The first-order chi connectivity index (χ1) is 6.61. The second-order valence-corrected chi connectivity index (χ2v) is 2.97. The standard InChI is InChI=1S/C9H12N2O3/c1-6(12)5-11-9(14)7-3-2-4-10-8(7)13/h2-4,6,12H,5H2,1H3,(H,10,13)(H,11,14)/t6-/m1/s1. The van der Waals surface area contributed by atoms with Gasteiger partial charge in [0, 0.05) is 12.7 Å². The molecule has 76 valence electrons. The van der Waals surface area contributed by atoms with Gasteiger partial charge in [-0.1, -0.05) is 0 Å². The minimum atomic E-state index is -0.623. The molecule has 5 heteroatoms. The molecule has 0 aliphatic rings. The first kappa shape index (κ1) is 10.5. The van der Waals surface area contributed by atoms with Gasteiger partial charge in [-0.15, -0.1) is 0 Å². The van der Waals surface area contributed by atoms with E-state index in [1.807, 2.05) is 0 Å². The first-order valence-electron chi connectivity index (χ1n) is 4.25. The lowest BCUT2D eigenvalue weighted by Crippen LogP contribution is -2.33. The van der Waals surface area contributed by atoms with Crippen molar-refractivity contribution in [1.29, 1.82) is 0 Å². The molecule has 3 N–H and O–H groups in total. The van der Waals surface area contributed by atoms with Crippen LogP contribution in [0.2, 0.25) is 0 Å². The van der Waals surface area contributed by atoms with E-state index in [1.165, 1.54) is 12.3 Å². The zero-order valence-corrected chi connectivity index (χ0v) is 7.78. The molecule has 1 rings (SSSR count). The fraction of sp³-hybridized carbons (Fsp3) is 0.333. The number of pyridine rings is 1. The third kappa shape index (κ3) is 2.70. The molecule has 1 heterocycles. The summed E-state index contributed by atoms with van der Waals surface area (Å²) in [6, 6.07) is 2.99. The van der Waals surface area contributed by atoms with Crippen LogP contribution < -0.4 is 10.9 Å². The zero-order valence-electron chi connectivity index (χ0n) is 7.78. The van der Waals surface area contributed by atoms with E-state index in [1.54, 1.807) is 13.0 Å². The molecule has 0 unspecified atom stereocenters. The molecule has 0 aromatic carbocycles. The van der Waals surface area contributed by atoms with E-state index in [4.69, 9.17) is 5.11 Å². The SMILES string of the molecule is C[C@@H](O)CNC(=O)c1ccc[nH]c1=O. The number of hydrogen-bond acceptors (Lipinski definition) is 3. The number of aromatic amines is 1. The van der Waals surface area contributed by atoms with Crippen molar-refractivity contribution in [3.63, 3.8) is 0 Å². The number of H-pyrrole nitrogens is 1. The predicted octanol–water partition coefficient (Wildman–Crippen LogP) is -0.514. The summed E-state index contributed by atoms with van der Waals surface area (Å²) in [4.78, 5) is 24.8. The maximum Gasteiger partial charge on any atom is 0.260 e. The highest BCUT2D eigenvalue weighted by atomic mass is 16.3. The van der Waals surface area contributed by atoms with Crippen LogP contribution in [0, 0.1) is 0 Å². The summed E-state index contributed by atoms with van der Waals surface area (Å²) in [5.74, 6) is -0.479. The molecule has 0 spiro atoms. The lowest BCUT2D eigenvalue weighted by Gasteiger charge is -2.05. The van der Waals surface area contributed by atoms with Gasteiger partial charge in [0.15, 0.2) is 0 Å². The van der Waals surface area contributed by atoms with Crippen molar-refractivity contribution >= 4 is 5.91 Å². The van der Waals surface area contributed by atoms with E-state index in [-0.39, 0.29) is 12.1 Å². The maximum atomic E-state index is 11.3. The molecule has 1 aromatic rings. The Labute approximate surface area is 80.8 Å². The number of aliphatic hydroxyl groups excluding tert-OH is 1. The number of aromatic nitrogens is 1. The first-order valence-corrected chi connectivity index (χ1v) is 4.25. The Balaban J connectivity index is 2.71. The Morgan fingerprint density at radius 1 is 1.71 bits per heavy atom. The lowest BCUT2D eigenvalue weighted by molar-refractivity contribution is 0.0922. The molecule has 14 heavy (non-hydrogen) atoms. The summed E-state index contributed by atoms with van der Waals surface area (Å²) in [6.07, 6.45) is 0.829. The summed E-state index contributed by atoms with van der Waals surface area (Å²) in [5, 5.41) is 11.3. The Morgan fingerprint density at radius 3 is 3.00 bits per heavy atom. The fourth-order valence-corrected chi connectivity index (χ4v) is 0.936. The van der Waals surface area contributed by atoms with Gasteiger partial charge >= 0.3 is 0 Å². The summed E-state index contributed by atoms with van der Waals surface area (Å²) >= 11 is 0. The summed E-state index contributed by atoms with van der Waals surface area (Å²) in [6.45, 7) is 1.68. The molecule has 0 saturated heterocycles. The molecule has 1 atom stereocenters. The quantitative estimate of drug-likeness (QED) is 0.608. The lowest BCUT2D eigenvalue weighted by atomic mass is 10.2. The Hall–Kier alpha value is -1.62. The van der Waals surface area contributed by atoms with Crippen molar-refractivity contribution in [3.05, 3.63) is 34.2 Å². The molecule has 0 radical (unpaired) electrons. The van der Waals surface area contributed by atoms with Crippen LogP contribution in [0.1, 0.15) is 17.3 Å². The minimum Gasteiger partial charge on any atom is -0.392 e. The van der Waals surface area contributed by atoms with Crippen LogP contribution in [-0.4, -0.2) is 28.6 Å². The molecular weight excluding hydrogens is 184 g/mol. The van der Waals surface area contributed by atoms with Crippen LogP contribution in [0.3, 0.4) is 0 Å². The van der Waals surface area contributed by atoms with Crippen LogP contribution in [0.4, 0.5) is 0 Å². The zero-order chi connectivity index (χ0) is 10.6. The number of nitrogens with one attached hydrogen (secondary N) is 2.